The molecule has 0 radical (unpaired) electrons. The van der Waals surface area contributed by atoms with E-state index in [0.717, 1.165) is 0 Å². The lowest BCUT2D eigenvalue weighted by molar-refractivity contribution is 0.0691. The van der Waals surface area contributed by atoms with Crippen LogP contribution in [-0.2, 0) is 13.0 Å². The maximum atomic E-state index is 10.6. The maximum absolute atomic E-state index is 10.6. The van der Waals surface area contributed by atoms with Gasteiger partial charge in [0.15, 0.2) is 11.5 Å². The first-order valence-corrected chi connectivity index (χ1v) is 4.75. The fourth-order valence-corrected chi connectivity index (χ4v) is 1.22. The van der Waals surface area contributed by atoms with Crippen molar-refractivity contribution in [3.63, 3.8) is 0 Å². The molecule has 0 unspecified atom stereocenters. The molecule has 0 spiro atoms. The molecule has 0 fully saturated rings. The molecule has 0 saturated carbocycles. The zero-order valence-corrected chi connectivity index (χ0v) is 8.62. The van der Waals surface area contributed by atoms with Crippen molar-refractivity contribution < 1.29 is 14.4 Å². The zero-order valence-electron chi connectivity index (χ0n) is 8.62. The molecule has 16 heavy (non-hydrogen) atoms. The fraction of sp³-hybridized carbons (Fsp3) is 0.333. The quantitative estimate of drug-likeness (QED) is 0.812. The number of carbonyl (C=O) groups is 1. The summed E-state index contributed by atoms with van der Waals surface area (Å²) in [5, 5.41) is 12.4. The number of hydrogen-bond acceptors (Lipinski definition) is 5. The van der Waals surface area contributed by atoms with Crippen molar-refractivity contribution in [2.75, 3.05) is 0 Å². The lowest BCUT2D eigenvalue weighted by atomic mass is 10.5. The Labute approximate surface area is 90.7 Å². The van der Waals surface area contributed by atoms with Crippen LogP contribution in [0, 0.1) is 0 Å². The predicted molar refractivity (Wildman–Crippen MR) is 52.0 cm³/mol. The standard InChI is InChI=1S/C9H10N4O3/c1-2-8-11-7(12-16-8)4-13-3-6(9(14)15)10-5-13/h3,5H,2,4H2,1H3,(H,14,15). The van der Waals surface area contributed by atoms with Crippen molar-refractivity contribution in [2.24, 2.45) is 0 Å². The first-order chi connectivity index (χ1) is 7.69. The minimum atomic E-state index is -1.05. The summed E-state index contributed by atoms with van der Waals surface area (Å²) in [6, 6.07) is 0. The Bertz CT molecular complexity index is 502. The van der Waals surface area contributed by atoms with Crippen LogP contribution in [-0.4, -0.2) is 30.8 Å². The minimum Gasteiger partial charge on any atom is -0.476 e. The third kappa shape index (κ3) is 2.08. The summed E-state index contributed by atoms with van der Waals surface area (Å²) in [4.78, 5) is 18.4. The van der Waals surface area contributed by atoms with E-state index in [1.165, 1.54) is 12.5 Å². The molecule has 0 bridgehead atoms. The Morgan fingerprint density at radius 2 is 2.44 bits per heavy atom. The lowest BCUT2D eigenvalue weighted by Gasteiger charge is -1.93. The predicted octanol–water partition coefficient (Wildman–Crippen LogP) is 0.575. The van der Waals surface area contributed by atoms with E-state index >= 15 is 0 Å². The van der Waals surface area contributed by atoms with Crippen LogP contribution in [0.15, 0.2) is 17.0 Å². The number of aromatic carboxylic acids is 1. The lowest BCUT2D eigenvalue weighted by Crippen LogP contribution is -2.00. The number of aromatic nitrogens is 4. The monoisotopic (exact) mass is 222 g/mol. The van der Waals surface area contributed by atoms with Gasteiger partial charge in [-0.25, -0.2) is 9.78 Å². The average molecular weight is 222 g/mol. The van der Waals surface area contributed by atoms with Gasteiger partial charge in [0.2, 0.25) is 5.89 Å². The van der Waals surface area contributed by atoms with Gasteiger partial charge in [-0.2, -0.15) is 4.98 Å². The molecule has 0 aliphatic heterocycles. The molecule has 0 aliphatic rings. The first kappa shape index (κ1) is 10.3. The minimum absolute atomic E-state index is 0.000732. The largest absolute Gasteiger partial charge is 0.476 e. The van der Waals surface area contributed by atoms with Crippen LogP contribution in [0.4, 0.5) is 0 Å². The summed E-state index contributed by atoms with van der Waals surface area (Å²) in [7, 11) is 0. The molecule has 0 amide bonds. The summed E-state index contributed by atoms with van der Waals surface area (Å²) >= 11 is 0. The van der Waals surface area contributed by atoms with E-state index in [1.807, 2.05) is 6.92 Å². The molecule has 7 heteroatoms. The van der Waals surface area contributed by atoms with Crippen LogP contribution in [0.1, 0.15) is 29.1 Å². The molecule has 1 N–H and O–H groups in total. The summed E-state index contributed by atoms with van der Waals surface area (Å²) < 4.78 is 6.52. The third-order valence-electron chi connectivity index (χ3n) is 1.99. The van der Waals surface area contributed by atoms with Crippen molar-refractivity contribution in [2.45, 2.75) is 19.9 Å². The van der Waals surface area contributed by atoms with Gasteiger partial charge in [0.05, 0.1) is 12.9 Å². The number of imidazole rings is 1. The Morgan fingerprint density at radius 3 is 3.00 bits per heavy atom. The van der Waals surface area contributed by atoms with Gasteiger partial charge in [-0.15, -0.1) is 0 Å². The first-order valence-electron chi connectivity index (χ1n) is 4.75. The number of hydrogen-bond donors (Lipinski definition) is 1. The molecule has 7 nitrogen and oxygen atoms in total. The van der Waals surface area contributed by atoms with Crippen LogP contribution in [0.2, 0.25) is 0 Å². The molecule has 2 aromatic heterocycles. The number of nitrogens with zero attached hydrogens (tertiary/aromatic N) is 4. The molecule has 2 rings (SSSR count). The Kier molecular flexibility index (Phi) is 2.67. The average Bonchev–Trinajstić information content (AvgIpc) is 2.87. The molecule has 0 aromatic carbocycles. The second kappa shape index (κ2) is 4.13. The summed E-state index contributed by atoms with van der Waals surface area (Å²) in [5.74, 6) is 0.0147. The summed E-state index contributed by atoms with van der Waals surface area (Å²) in [6.45, 7) is 2.26. The molecule has 2 heterocycles. The van der Waals surface area contributed by atoms with E-state index in [9.17, 15) is 4.79 Å². The SMILES string of the molecule is CCc1nc(Cn2cnc(C(=O)O)c2)no1. The maximum Gasteiger partial charge on any atom is 0.356 e. The van der Waals surface area contributed by atoms with Crippen molar-refractivity contribution in [1.82, 2.24) is 19.7 Å². The Hall–Kier alpha value is -2.18. The molecular weight excluding hydrogens is 212 g/mol. The molecule has 0 aliphatic carbocycles. The summed E-state index contributed by atoms with van der Waals surface area (Å²) in [6.07, 6.45) is 3.52. The van der Waals surface area contributed by atoms with Crippen LogP contribution in [0.3, 0.4) is 0 Å². The van der Waals surface area contributed by atoms with Crippen molar-refractivity contribution >= 4 is 5.97 Å². The van der Waals surface area contributed by atoms with Gasteiger partial charge in [-0.1, -0.05) is 12.1 Å². The van der Waals surface area contributed by atoms with E-state index < -0.39 is 5.97 Å². The van der Waals surface area contributed by atoms with E-state index in [2.05, 4.69) is 15.1 Å². The molecular formula is C9H10N4O3. The molecule has 2 aromatic rings. The van der Waals surface area contributed by atoms with Gasteiger partial charge in [-0.05, 0) is 0 Å². The van der Waals surface area contributed by atoms with E-state index in [4.69, 9.17) is 9.63 Å². The van der Waals surface area contributed by atoms with Crippen LogP contribution in [0.25, 0.3) is 0 Å². The highest BCUT2D eigenvalue weighted by Gasteiger charge is 2.09. The normalized spacial score (nSPS) is 10.6. The molecule has 0 atom stereocenters. The van der Waals surface area contributed by atoms with Crippen molar-refractivity contribution in [3.05, 3.63) is 29.9 Å². The third-order valence-corrected chi connectivity index (χ3v) is 1.99. The van der Waals surface area contributed by atoms with Crippen LogP contribution < -0.4 is 0 Å². The van der Waals surface area contributed by atoms with Gasteiger partial charge in [0, 0.05) is 12.6 Å². The van der Waals surface area contributed by atoms with Gasteiger partial charge < -0.3 is 14.2 Å². The number of carboxylic acid groups (broad SMARTS) is 1. The zero-order chi connectivity index (χ0) is 11.5. The highest BCUT2D eigenvalue weighted by atomic mass is 16.5. The number of carboxylic acids is 1. The molecule has 84 valence electrons. The fourth-order valence-electron chi connectivity index (χ4n) is 1.22. The topological polar surface area (TPSA) is 94.0 Å². The summed E-state index contributed by atoms with van der Waals surface area (Å²) in [5.41, 5.74) is -0.000732. The second-order valence-electron chi connectivity index (χ2n) is 3.19. The second-order valence-corrected chi connectivity index (χ2v) is 3.19. The Balaban J connectivity index is 2.11. The highest BCUT2D eigenvalue weighted by Crippen LogP contribution is 2.02. The van der Waals surface area contributed by atoms with E-state index in [1.54, 1.807) is 4.57 Å². The van der Waals surface area contributed by atoms with Gasteiger partial charge in [0.25, 0.3) is 0 Å². The van der Waals surface area contributed by atoms with Gasteiger partial charge >= 0.3 is 5.97 Å². The number of aryl methyl sites for hydroxylation is 1. The van der Waals surface area contributed by atoms with Crippen LogP contribution in [0.5, 0.6) is 0 Å². The van der Waals surface area contributed by atoms with E-state index in [-0.39, 0.29) is 5.69 Å². The highest BCUT2D eigenvalue weighted by molar-refractivity contribution is 5.84. The van der Waals surface area contributed by atoms with E-state index in [0.29, 0.717) is 24.7 Å². The number of rotatable bonds is 4. The van der Waals surface area contributed by atoms with Gasteiger partial charge in [-0.3, -0.25) is 0 Å². The van der Waals surface area contributed by atoms with Gasteiger partial charge in [0.1, 0.15) is 0 Å². The van der Waals surface area contributed by atoms with Crippen molar-refractivity contribution in [3.8, 4) is 0 Å². The van der Waals surface area contributed by atoms with Crippen LogP contribution >= 0.6 is 0 Å². The Morgan fingerprint density at radius 1 is 1.62 bits per heavy atom. The molecule has 0 saturated heterocycles. The van der Waals surface area contributed by atoms with Crippen molar-refractivity contribution in [1.29, 1.82) is 0 Å². The smallest absolute Gasteiger partial charge is 0.356 e.